The van der Waals surface area contributed by atoms with Crippen molar-refractivity contribution in [1.82, 2.24) is 15.1 Å². The number of piperazine rings is 1. The van der Waals surface area contributed by atoms with E-state index in [1.807, 2.05) is 6.92 Å². The zero-order valence-electron chi connectivity index (χ0n) is 11.3. The van der Waals surface area contributed by atoms with E-state index < -0.39 is 0 Å². The smallest absolute Gasteiger partial charge is 0.289 e. The maximum absolute atomic E-state index is 12.1. The minimum absolute atomic E-state index is 0.00538. The third-order valence-electron chi connectivity index (χ3n) is 3.51. The van der Waals surface area contributed by atoms with Crippen LogP contribution in [-0.2, 0) is 4.79 Å². The van der Waals surface area contributed by atoms with E-state index in [9.17, 15) is 9.59 Å². The second-order valence-electron chi connectivity index (χ2n) is 4.60. The van der Waals surface area contributed by atoms with Crippen molar-refractivity contribution in [3.8, 4) is 0 Å². The standard InChI is InChI=1S/C13H19N3O3/c1-10(12(17)14-2)15-5-7-16(8-6-15)13(18)11-4-3-9-19-11/h3-4,9-10H,5-8H2,1-2H3,(H,14,17)/t10-/m0/s1. The molecule has 1 aromatic rings. The van der Waals surface area contributed by atoms with Crippen molar-refractivity contribution in [3.05, 3.63) is 24.2 Å². The number of carbonyl (C=O) groups excluding carboxylic acids is 2. The third-order valence-corrected chi connectivity index (χ3v) is 3.51. The Hall–Kier alpha value is -1.82. The van der Waals surface area contributed by atoms with Gasteiger partial charge in [0.2, 0.25) is 5.91 Å². The van der Waals surface area contributed by atoms with Gasteiger partial charge in [0.1, 0.15) is 0 Å². The Labute approximate surface area is 112 Å². The first-order valence-electron chi connectivity index (χ1n) is 6.42. The molecular weight excluding hydrogens is 246 g/mol. The number of likely N-dealkylation sites (N-methyl/N-ethyl adjacent to an activating group) is 1. The number of nitrogens with zero attached hydrogens (tertiary/aromatic N) is 2. The molecule has 0 saturated carbocycles. The molecule has 0 bridgehead atoms. The van der Waals surface area contributed by atoms with E-state index >= 15 is 0 Å². The maximum Gasteiger partial charge on any atom is 0.289 e. The van der Waals surface area contributed by atoms with Crippen LogP contribution in [0.3, 0.4) is 0 Å². The van der Waals surface area contributed by atoms with Crippen LogP contribution in [0.5, 0.6) is 0 Å². The molecule has 0 aliphatic carbocycles. The Morgan fingerprint density at radius 2 is 2.00 bits per heavy atom. The van der Waals surface area contributed by atoms with Gasteiger partial charge in [-0.25, -0.2) is 0 Å². The number of amides is 2. The van der Waals surface area contributed by atoms with Crippen molar-refractivity contribution in [3.63, 3.8) is 0 Å². The molecule has 2 heterocycles. The van der Waals surface area contributed by atoms with Gasteiger partial charge in [0.05, 0.1) is 12.3 Å². The van der Waals surface area contributed by atoms with E-state index in [0.29, 0.717) is 31.9 Å². The summed E-state index contributed by atoms with van der Waals surface area (Å²) in [6.07, 6.45) is 1.50. The Morgan fingerprint density at radius 1 is 1.32 bits per heavy atom. The molecule has 104 valence electrons. The molecule has 1 aliphatic heterocycles. The summed E-state index contributed by atoms with van der Waals surface area (Å²) >= 11 is 0. The van der Waals surface area contributed by atoms with Crippen LogP contribution in [0.1, 0.15) is 17.5 Å². The second-order valence-corrected chi connectivity index (χ2v) is 4.60. The molecule has 0 aromatic carbocycles. The lowest BCUT2D eigenvalue weighted by Crippen LogP contribution is -2.54. The van der Waals surface area contributed by atoms with Gasteiger partial charge in [-0.3, -0.25) is 14.5 Å². The minimum atomic E-state index is -0.161. The van der Waals surface area contributed by atoms with Gasteiger partial charge in [-0.15, -0.1) is 0 Å². The summed E-state index contributed by atoms with van der Waals surface area (Å²) in [6, 6.07) is 3.21. The molecule has 0 radical (unpaired) electrons. The quantitative estimate of drug-likeness (QED) is 0.846. The van der Waals surface area contributed by atoms with E-state index in [0.717, 1.165) is 0 Å². The van der Waals surface area contributed by atoms with Crippen molar-refractivity contribution < 1.29 is 14.0 Å². The molecule has 1 saturated heterocycles. The van der Waals surface area contributed by atoms with Gasteiger partial charge in [0.25, 0.3) is 5.91 Å². The largest absolute Gasteiger partial charge is 0.459 e. The Balaban J connectivity index is 1.89. The Bertz CT molecular complexity index is 436. The van der Waals surface area contributed by atoms with Crippen molar-refractivity contribution >= 4 is 11.8 Å². The molecule has 6 nitrogen and oxygen atoms in total. The molecule has 0 spiro atoms. The fraction of sp³-hybridized carbons (Fsp3) is 0.538. The minimum Gasteiger partial charge on any atom is -0.459 e. The van der Waals surface area contributed by atoms with Crippen molar-refractivity contribution in [2.45, 2.75) is 13.0 Å². The fourth-order valence-electron chi connectivity index (χ4n) is 2.24. The van der Waals surface area contributed by atoms with E-state index in [1.165, 1.54) is 6.26 Å². The van der Waals surface area contributed by atoms with Crippen LogP contribution in [0.2, 0.25) is 0 Å². The van der Waals surface area contributed by atoms with Crippen LogP contribution in [0.4, 0.5) is 0 Å². The lowest BCUT2D eigenvalue weighted by atomic mass is 10.2. The maximum atomic E-state index is 12.1. The Kier molecular flexibility index (Phi) is 4.21. The van der Waals surface area contributed by atoms with Crippen LogP contribution >= 0.6 is 0 Å². The lowest BCUT2D eigenvalue weighted by Gasteiger charge is -2.36. The highest BCUT2D eigenvalue weighted by Gasteiger charge is 2.28. The van der Waals surface area contributed by atoms with Gasteiger partial charge < -0.3 is 14.6 Å². The van der Waals surface area contributed by atoms with E-state index in [2.05, 4.69) is 10.2 Å². The van der Waals surface area contributed by atoms with Crippen molar-refractivity contribution in [2.24, 2.45) is 0 Å². The number of hydrogen-bond donors (Lipinski definition) is 1. The molecular formula is C13H19N3O3. The molecule has 0 unspecified atom stereocenters. The van der Waals surface area contributed by atoms with Crippen LogP contribution in [0.25, 0.3) is 0 Å². The molecule has 2 rings (SSSR count). The summed E-state index contributed by atoms with van der Waals surface area (Å²) in [4.78, 5) is 27.5. The van der Waals surface area contributed by atoms with Gasteiger partial charge in [-0.1, -0.05) is 0 Å². The van der Waals surface area contributed by atoms with Crippen LogP contribution in [0.15, 0.2) is 22.8 Å². The zero-order chi connectivity index (χ0) is 13.8. The molecule has 1 N–H and O–H groups in total. The van der Waals surface area contributed by atoms with E-state index in [-0.39, 0.29) is 17.9 Å². The summed E-state index contributed by atoms with van der Waals surface area (Å²) in [5.74, 6) is 0.288. The molecule has 1 aliphatic rings. The van der Waals surface area contributed by atoms with Gasteiger partial charge in [-0.05, 0) is 19.1 Å². The highest BCUT2D eigenvalue weighted by Crippen LogP contribution is 2.11. The number of nitrogens with one attached hydrogen (secondary N) is 1. The third kappa shape index (κ3) is 2.96. The molecule has 19 heavy (non-hydrogen) atoms. The van der Waals surface area contributed by atoms with Gasteiger partial charge in [-0.2, -0.15) is 0 Å². The monoisotopic (exact) mass is 265 g/mol. The summed E-state index contributed by atoms with van der Waals surface area (Å²) in [7, 11) is 1.63. The average Bonchev–Trinajstić information content (AvgIpc) is 2.99. The number of furan rings is 1. The predicted molar refractivity (Wildman–Crippen MR) is 69.7 cm³/mol. The molecule has 6 heteroatoms. The lowest BCUT2D eigenvalue weighted by molar-refractivity contribution is -0.125. The van der Waals surface area contributed by atoms with E-state index in [1.54, 1.807) is 24.1 Å². The number of hydrogen-bond acceptors (Lipinski definition) is 4. The number of carbonyl (C=O) groups is 2. The highest BCUT2D eigenvalue weighted by atomic mass is 16.3. The van der Waals surface area contributed by atoms with Gasteiger partial charge in [0, 0.05) is 33.2 Å². The first-order chi connectivity index (χ1) is 9.13. The van der Waals surface area contributed by atoms with Crippen molar-refractivity contribution in [2.75, 3.05) is 33.2 Å². The SMILES string of the molecule is CNC(=O)[C@H](C)N1CCN(C(=O)c2ccco2)CC1. The molecule has 2 amide bonds. The van der Waals surface area contributed by atoms with Gasteiger partial charge >= 0.3 is 0 Å². The highest BCUT2D eigenvalue weighted by molar-refractivity contribution is 5.91. The summed E-state index contributed by atoms with van der Waals surface area (Å²) in [5, 5.41) is 2.64. The van der Waals surface area contributed by atoms with Crippen molar-refractivity contribution in [1.29, 1.82) is 0 Å². The van der Waals surface area contributed by atoms with E-state index in [4.69, 9.17) is 4.42 Å². The molecule has 1 atom stereocenters. The Morgan fingerprint density at radius 3 is 2.53 bits per heavy atom. The zero-order valence-corrected chi connectivity index (χ0v) is 11.3. The predicted octanol–water partition coefficient (Wildman–Crippen LogP) is 0.172. The first-order valence-corrected chi connectivity index (χ1v) is 6.42. The summed E-state index contributed by atoms with van der Waals surface area (Å²) in [5.41, 5.74) is 0. The van der Waals surface area contributed by atoms with Crippen LogP contribution in [-0.4, -0.2) is 60.9 Å². The average molecular weight is 265 g/mol. The first kappa shape index (κ1) is 13.6. The number of rotatable bonds is 3. The normalized spacial score (nSPS) is 18.1. The molecule has 1 fully saturated rings. The van der Waals surface area contributed by atoms with Crippen LogP contribution < -0.4 is 5.32 Å². The summed E-state index contributed by atoms with van der Waals surface area (Å²) in [6.45, 7) is 4.49. The van der Waals surface area contributed by atoms with Gasteiger partial charge in [0.15, 0.2) is 5.76 Å². The molecule has 1 aromatic heterocycles. The topological polar surface area (TPSA) is 65.8 Å². The fourth-order valence-corrected chi connectivity index (χ4v) is 2.24. The van der Waals surface area contributed by atoms with Crippen LogP contribution in [0, 0.1) is 0 Å². The summed E-state index contributed by atoms with van der Waals surface area (Å²) < 4.78 is 5.11. The second kappa shape index (κ2) is 5.88.